The Bertz CT molecular complexity index is 3270. The van der Waals surface area contributed by atoms with Gasteiger partial charge in [-0.3, -0.25) is 62.4 Å². The van der Waals surface area contributed by atoms with E-state index in [0.717, 1.165) is 49.1 Å². The monoisotopic (exact) mass is 1470 g/mol. The molecule has 5 saturated heterocycles. The van der Waals surface area contributed by atoms with Crippen LogP contribution in [0.4, 0.5) is 13.2 Å². The SMILES string of the molecule is CC[C@H](C)[C@@H]1NC(=O)[C@H](CC(C)C)N(C)C(=O)C[C@@H](C(=O)N2CCN(C3COC3)CC2)NC(=O)[C@H](C(C)C)N(C)C(=O)C2(CCCC2)NC(=O)[C@@H]2CCCN2C(=O)[C@H](CCc2ccc(C(F)(F)F)c(Cl)c2)NC(=O)CN(C)C(=O)[C@H](CC2CCCCC2)N(C)C(=O)[C@@H]2CCN2C(=O)[C@H](C)N(C)C1=O. The van der Waals surface area contributed by atoms with Crippen LogP contribution in [0, 0.1) is 23.7 Å². The van der Waals surface area contributed by atoms with Crippen LogP contribution in [0.1, 0.15) is 169 Å². The summed E-state index contributed by atoms with van der Waals surface area (Å²) in [5.41, 5.74) is -2.38. The smallest absolute Gasteiger partial charge is 0.378 e. The van der Waals surface area contributed by atoms with Crippen molar-refractivity contribution in [2.75, 3.05) is 94.3 Å². The Morgan fingerprint density at radius 2 is 1.32 bits per heavy atom. The summed E-state index contributed by atoms with van der Waals surface area (Å²) in [5, 5.41) is 11.0. The largest absolute Gasteiger partial charge is 0.417 e. The molecule has 0 radical (unpaired) electrons. The van der Waals surface area contributed by atoms with Gasteiger partial charge in [-0.05, 0) is 106 Å². The second-order valence-electron chi connectivity index (χ2n) is 30.7. The van der Waals surface area contributed by atoms with Crippen molar-refractivity contribution in [3.05, 3.63) is 34.3 Å². The van der Waals surface area contributed by atoms with Crippen molar-refractivity contribution in [2.45, 2.75) is 236 Å². The van der Waals surface area contributed by atoms with E-state index in [4.69, 9.17) is 16.3 Å². The fourth-order valence-electron chi connectivity index (χ4n) is 15.9. The van der Waals surface area contributed by atoms with Crippen LogP contribution < -0.4 is 21.3 Å². The van der Waals surface area contributed by atoms with E-state index in [0.29, 0.717) is 57.6 Å². The number of amides is 12. The molecule has 7 aliphatic rings. The minimum absolute atomic E-state index is 0.0188. The third-order valence-corrected chi connectivity index (χ3v) is 23.1. The summed E-state index contributed by atoms with van der Waals surface area (Å²) in [6.07, 6.45) is 1.37. The zero-order valence-corrected chi connectivity index (χ0v) is 63.0. The summed E-state index contributed by atoms with van der Waals surface area (Å²) >= 11 is 6.16. The molecule has 574 valence electrons. The van der Waals surface area contributed by atoms with Gasteiger partial charge in [0.15, 0.2) is 0 Å². The van der Waals surface area contributed by atoms with E-state index in [1.807, 2.05) is 20.8 Å². The highest BCUT2D eigenvalue weighted by Crippen LogP contribution is 2.37. The minimum Gasteiger partial charge on any atom is -0.378 e. The quantitative estimate of drug-likeness (QED) is 0.228. The molecule has 7 fully saturated rings. The number of carbonyl (C=O) groups is 12. The van der Waals surface area contributed by atoms with E-state index < -0.39 is 172 Å². The third-order valence-electron chi connectivity index (χ3n) is 22.8. The Morgan fingerprint density at radius 3 is 1.89 bits per heavy atom. The first-order valence-corrected chi connectivity index (χ1v) is 37.6. The molecule has 1 spiro atoms. The number of piperazine rings is 1. The Morgan fingerprint density at radius 1 is 0.670 bits per heavy atom. The molecule has 10 atom stereocenters. The number of benzene rings is 1. The van der Waals surface area contributed by atoms with Gasteiger partial charge in [0.05, 0.1) is 42.8 Å². The van der Waals surface area contributed by atoms with Crippen LogP contribution in [0.2, 0.25) is 5.02 Å². The van der Waals surface area contributed by atoms with Crippen LogP contribution in [-0.2, 0) is 74.9 Å². The topological polar surface area (TPSA) is 291 Å². The number of hydrogen-bond donors (Lipinski definition) is 4. The summed E-state index contributed by atoms with van der Waals surface area (Å²) in [6.45, 7) is 14.4. The van der Waals surface area contributed by atoms with Crippen molar-refractivity contribution < 1.29 is 75.4 Å². The van der Waals surface area contributed by atoms with Gasteiger partial charge in [0.2, 0.25) is 70.9 Å². The van der Waals surface area contributed by atoms with Crippen molar-refractivity contribution in [1.29, 1.82) is 0 Å². The van der Waals surface area contributed by atoms with Crippen molar-refractivity contribution in [3.63, 3.8) is 0 Å². The number of halogens is 4. The van der Waals surface area contributed by atoms with Crippen molar-refractivity contribution in [2.24, 2.45) is 23.7 Å². The number of aryl methyl sites for hydroxylation is 1. The van der Waals surface area contributed by atoms with Crippen LogP contribution in [0.5, 0.6) is 0 Å². The van der Waals surface area contributed by atoms with E-state index >= 15 is 28.8 Å². The average molecular weight is 1470 g/mol. The first-order valence-electron chi connectivity index (χ1n) is 37.2. The van der Waals surface area contributed by atoms with Crippen molar-refractivity contribution in [3.8, 4) is 0 Å². The van der Waals surface area contributed by atoms with Gasteiger partial charge in [-0.15, -0.1) is 0 Å². The van der Waals surface area contributed by atoms with E-state index in [-0.39, 0.29) is 95.4 Å². The van der Waals surface area contributed by atoms with E-state index in [1.165, 1.54) is 77.6 Å². The maximum Gasteiger partial charge on any atom is 0.417 e. The maximum absolute atomic E-state index is 15.4. The highest BCUT2D eigenvalue weighted by molar-refractivity contribution is 6.31. The number of likely N-dealkylation sites (N-methyl/N-ethyl adjacent to an activating group) is 5. The van der Waals surface area contributed by atoms with Crippen LogP contribution >= 0.6 is 11.6 Å². The lowest BCUT2D eigenvalue weighted by atomic mass is 9.84. The Labute approximate surface area is 609 Å². The molecule has 2 aliphatic carbocycles. The predicted molar refractivity (Wildman–Crippen MR) is 377 cm³/mol. The minimum atomic E-state index is -4.76. The number of carbonyl (C=O) groups excluding carboxylic acids is 12. The standard InChI is InChI=1S/C73H111ClF3N13O13/c1-13-45(6)60-70(101)83(9)46(7)65(96)90-31-27-55(90)69(100)85(11)57(38-47-20-15-14-16-21-47)68(99)82(8)40-58(91)78-52(26-24-48-23-25-50(51(74)37-48)73(75,76)77)67(98)89-30-19-22-54(89)63(94)81-72(28-17-18-29-72)71(102)86(12)61(44(4)5)64(95)79-53(39-59(92)84(10)56(36-43(2)3)62(93)80-60)66(97)88-34-32-87(33-35-88)49-41-103-42-49/h23,25,37,43-47,49,52-57,60-61H,13-22,24,26-36,38-42H2,1-12H3,(H,78,91)(H,79,95)(H,80,93)(H,81,94)/t45-,46-,52-,53-,54-,55-,56-,57-,60-,61-/m0/s1. The number of fused-ring (bicyclic) bond motifs is 2. The first kappa shape index (κ1) is 81.5. The lowest BCUT2D eigenvalue weighted by molar-refractivity contribution is -0.160. The summed E-state index contributed by atoms with van der Waals surface area (Å²) in [4.78, 5) is 193. The molecule has 5 heterocycles. The number of alkyl halides is 3. The normalized spacial score (nSPS) is 28.3. The molecule has 0 unspecified atom stereocenters. The maximum atomic E-state index is 15.4. The average Bonchev–Trinajstić information content (AvgIpc) is 1.77. The van der Waals surface area contributed by atoms with E-state index in [1.54, 1.807) is 25.7 Å². The number of rotatable bonds is 12. The number of ether oxygens (including phenoxy) is 1. The molecule has 0 bridgehead atoms. The molecule has 30 heteroatoms. The third kappa shape index (κ3) is 19.3. The second-order valence-corrected chi connectivity index (χ2v) is 31.2. The predicted octanol–water partition coefficient (Wildman–Crippen LogP) is 4.22. The van der Waals surface area contributed by atoms with Crippen LogP contribution in [-0.4, -0.2) is 275 Å². The Kier molecular flexibility index (Phi) is 27.9. The molecular weight excluding hydrogens is 1360 g/mol. The zero-order valence-electron chi connectivity index (χ0n) is 62.3. The molecule has 12 amide bonds. The Balaban J connectivity index is 1.16. The van der Waals surface area contributed by atoms with Crippen molar-refractivity contribution >= 4 is 82.5 Å². The summed E-state index contributed by atoms with van der Waals surface area (Å²) < 4.78 is 47.1. The molecular formula is C73H111ClF3N13O13. The van der Waals surface area contributed by atoms with Crippen LogP contribution in [0.3, 0.4) is 0 Å². The summed E-state index contributed by atoms with van der Waals surface area (Å²) in [6, 6.07) is -7.87. The Hall–Kier alpha value is -7.14. The highest BCUT2D eigenvalue weighted by Gasteiger charge is 2.51. The van der Waals surface area contributed by atoms with Gasteiger partial charge < -0.3 is 65.2 Å². The summed E-state index contributed by atoms with van der Waals surface area (Å²) in [5.74, 6) is -9.22. The molecule has 103 heavy (non-hydrogen) atoms. The van der Waals surface area contributed by atoms with Gasteiger partial charge >= 0.3 is 6.18 Å². The molecule has 1 aromatic carbocycles. The molecule has 1 aromatic rings. The number of nitrogens with zero attached hydrogens (tertiary/aromatic N) is 9. The van der Waals surface area contributed by atoms with Crippen LogP contribution in [0.15, 0.2) is 18.2 Å². The van der Waals surface area contributed by atoms with E-state index in [9.17, 15) is 41.9 Å². The van der Waals surface area contributed by atoms with Crippen molar-refractivity contribution in [1.82, 2.24) is 65.4 Å². The molecule has 8 rings (SSSR count). The van der Waals surface area contributed by atoms with Gasteiger partial charge in [-0.25, -0.2) is 0 Å². The molecule has 5 aliphatic heterocycles. The highest BCUT2D eigenvalue weighted by atomic mass is 35.5. The molecule has 0 aromatic heterocycles. The molecule has 4 N–H and O–H groups in total. The number of nitrogens with one attached hydrogen (secondary N) is 4. The van der Waals surface area contributed by atoms with Gasteiger partial charge in [0, 0.05) is 74.5 Å². The lowest BCUT2D eigenvalue weighted by Crippen LogP contribution is -2.65. The van der Waals surface area contributed by atoms with Gasteiger partial charge in [0.25, 0.3) is 0 Å². The fourth-order valence-corrected chi connectivity index (χ4v) is 16.2. The van der Waals surface area contributed by atoms with Gasteiger partial charge in [-0.2, -0.15) is 13.2 Å². The zero-order chi connectivity index (χ0) is 75.7. The number of hydrogen-bond acceptors (Lipinski definition) is 14. The molecule has 2 saturated carbocycles. The van der Waals surface area contributed by atoms with E-state index in [2.05, 4.69) is 26.2 Å². The first-order chi connectivity index (χ1) is 48.6. The fraction of sp³-hybridized carbons (Fsp3) is 0.753. The second kappa shape index (κ2) is 35.3. The molecule has 26 nitrogen and oxygen atoms in total. The van der Waals surface area contributed by atoms with Gasteiger partial charge in [0.1, 0.15) is 59.9 Å². The van der Waals surface area contributed by atoms with Crippen LogP contribution in [0.25, 0.3) is 0 Å². The summed E-state index contributed by atoms with van der Waals surface area (Å²) in [7, 11) is 7.15. The lowest BCUT2D eigenvalue weighted by Gasteiger charge is -2.45. The van der Waals surface area contributed by atoms with Gasteiger partial charge in [-0.1, -0.05) is 111 Å².